The van der Waals surface area contributed by atoms with Crippen molar-refractivity contribution in [3.8, 4) is 0 Å². The van der Waals surface area contributed by atoms with Crippen LogP contribution < -0.4 is 0 Å². The Morgan fingerprint density at radius 1 is 0.477 bits per heavy atom. The van der Waals surface area contributed by atoms with Gasteiger partial charge in [-0.15, -0.1) is 0 Å². The molecule has 2 aliphatic heterocycles. The van der Waals surface area contributed by atoms with Gasteiger partial charge < -0.3 is 23.7 Å². The second-order valence-electron chi connectivity index (χ2n) is 11.3. The summed E-state index contributed by atoms with van der Waals surface area (Å²) in [6, 6.07) is 51.5. The highest BCUT2D eigenvalue weighted by Gasteiger charge is 2.57. The number of hydrogen-bond acceptors (Lipinski definition) is 5. The van der Waals surface area contributed by atoms with Crippen LogP contribution in [0.1, 0.15) is 27.8 Å². The molecule has 7 rings (SSSR count). The largest absolute Gasteiger partial charge is 0.368 e. The van der Waals surface area contributed by atoms with Crippen molar-refractivity contribution in [2.45, 2.75) is 49.5 Å². The van der Waals surface area contributed by atoms with Gasteiger partial charge in [-0.2, -0.15) is 0 Å². The van der Waals surface area contributed by atoms with E-state index in [1.165, 1.54) is 0 Å². The molecule has 5 aromatic carbocycles. The van der Waals surface area contributed by atoms with E-state index >= 15 is 0 Å². The molecule has 5 atom stereocenters. The Balaban J connectivity index is 1.16. The fraction of sp³-hybridized carbons (Fsp3) is 0.231. The van der Waals surface area contributed by atoms with Gasteiger partial charge >= 0.3 is 0 Å². The van der Waals surface area contributed by atoms with Crippen molar-refractivity contribution < 1.29 is 23.7 Å². The Bertz CT molecular complexity index is 1480. The summed E-state index contributed by atoms with van der Waals surface area (Å²) in [7, 11) is 0. The minimum atomic E-state index is -0.849. The Kier molecular flexibility index (Phi) is 8.64. The van der Waals surface area contributed by atoms with Gasteiger partial charge in [0.25, 0.3) is 0 Å². The number of ether oxygens (including phenoxy) is 5. The lowest BCUT2D eigenvalue weighted by molar-refractivity contribution is -0.187. The van der Waals surface area contributed by atoms with E-state index in [1.807, 2.05) is 54.6 Å². The molecule has 0 spiro atoms. The molecule has 2 bridgehead atoms. The van der Waals surface area contributed by atoms with Crippen LogP contribution in [0.25, 0.3) is 0 Å². The van der Waals surface area contributed by atoms with Crippen LogP contribution in [-0.2, 0) is 42.5 Å². The fourth-order valence-electron chi connectivity index (χ4n) is 6.32. The van der Waals surface area contributed by atoms with Crippen molar-refractivity contribution in [3.63, 3.8) is 0 Å². The highest BCUT2D eigenvalue weighted by Crippen LogP contribution is 2.43. The van der Waals surface area contributed by atoms with E-state index in [0.29, 0.717) is 19.8 Å². The van der Waals surface area contributed by atoms with Gasteiger partial charge in [0, 0.05) is 0 Å². The van der Waals surface area contributed by atoms with Crippen LogP contribution in [-0.4, -0.2) is 37.3 Å². The Hall–Kier alpha value is -4.10. The molecule has 0 amide bonds. The van der Waals surface area contributed by atoms with Gasteiger partial charge in [-0.3, -0.25) is 0 Å². The fourth-order valence-corrected chi connectivity index (χ4v) is 6.32. The Labute approximate surface area is 259 Å². The van der Waals surface area contributed by atoms with Crippen LogP contribution in [0.2, 0.25) is 0 Å². The van der Waals surface area contributed by atoms with E-state index in [1.54, 1.807) is 0 Å². The zero-order valence-electron chi connectivity index (χ0n) is 24.5. The summed E-state index contributed by atoms with van der Waals surface area (Å²) in [4.78, 5) is 0. The molecule has 0 aromatic heterocycles. The van der Waals surface area contributed by atoms with Crippen LogP contribution in [0.15, 0.2) is 152 Å². The molecule has 0 radical (unpaired) electrons. The van der Waals surface area contributed by atoms with Crippen LogP contribution in [0.3, 0.4) is 0 Å². The molecule has 0 N–H and O–H groups in total. The molecular weight excluding hydrogens is 548 g/mol. The van der Waals surface area contributed by atoms with E-state index in [0.717, 1.165) is 27.8 Å². The number of benzene rings is 5. The first-order valence-corrected chi connectivity index (χ1v) is 15.2. The van der Waals surface area contributed by atoms with E-state index in [4.69, 9.17) is 23.7 Å². The molecule has 5 aromatic rings. The first-order chi connectivity index (χ1) is 21.8. The maximum Gasteiger partial charge on any atom is 0.187 e. The Morgan fingerprint density at radius 2 is 0.886 bits per heavy atom. The van der Waals surface area contributed by atoms with Crippen LogP contribution in [0, 0.1) is 0 Å². The smallest absolute Gasteiger partial charge is 0.187 e. The minimum Gasteiger partial charge on any atom is -0.368 e. The number of hydrogen-bond donors (Lipinski definition) is 0. The molecule has 5 heteroatoms. The van der Waals surface area contributed by atoms with Gasteiger partial charge in [-0.25, -0.2) is 0 Å². The maximum absolute atomic E-state index is 7.10. The molecule has 2 saturated heterocycles. The first-order valence-electron chi connectivity index (χ1n) is 15.2. The van der Waals surface area contributed by atoms with Gasteiger partial charge in [0.05, 0.1) is 19.8 Å². The summed E-state index contributed by atoms with van der Waals surface area (Å²) < 4.78 is 33.0. The third kappa shape index (κ3) is 5.85. The number of rotatable bonds is 12. The van der Waals surface area contributed by atoms with Gasteiger partial charge in [0.2, 0.25) is 0 Å². The third-order valence-electron chi connectivity index (χ3n) is 8.46. The summed E-state index contributed by atoms with van der Waals surface area (Å²) in [5, 5.41) is 0. The van der Waals surface area contributed by atoms with E-state index < -0.39 is 11.9 Å². The normalized spacial score (nSPS) is 22.7. The van der Waals surface area contributed by atoms with Gasteiger partial charge in [0.15, 0.2) is 6.29 Å². The quantitative estimate of drug-likeness (QED) is 0.144. The SMILES string of the molecule is c1ccc(CO[C@@H]2[C@@H](OCc3ccccc3)[C@H]3O[C@@H]2[C@H](COC(c2ccccc2)(c2ccccc2)c2ccccc2)O3)cc1. The summed E-state index contributed by atoms with van der Waals surface area (Å²) >= 11 is 0. The second-order valence-corrected chi connectivity index (χ2v) is 11.3. The molecule has 0 saturated carbocycles. The maximum atomic E-state index is 7.10. The summed E-state index contributed by atoms with van der Waals surface area (Å²) in [6.45, 7) is 1.21. The van der Waals surface area contributed by atoms with Gasteiger partial charge in [0.1, 0.15) is 30.0 Å². The Morgan fingerprint density at radius 3 is 1.34 bits per heavy atom. The van der Waals surface area contributed by atoms with Crippen molar-refractivity contribution in [2.75, 3.05) is 6.61 Å². The number of fused-ring (bicyclic) bond motifs is 2. The van der Waals surface area contributed by atoms with Gasteiger partial charge in [-0.1, -0.05) is 152 Å². The first kappa shape index (κ1) is 28.7. The summed E-state index contributed by atoms with van der Waals surface area (Å²) in [6.07, 6.45) is -1.90. The topological polar surface area (TPSA) is 46.2 Å². The zero-order chi connectivity index (χ0) is 29.6. The van der Waals surface area contributed by atoms with Crippen LogP contribution in [0.4, 0.5) is 0 Å². The average Bonchev–Trinajstić information content (AvgIpc) is 3.67. The molecule has 2 aliphatic rings. The molecule has 2 fully saturated rings. The van der Waals surface area contributed by atoms with Crippen molar-refractivity contribution in [2.24, 2.45) is 0 Å². The molecule has 0 unspecified atom stereocenters. The van der Waals surface area contributed by atoms with Crippen LogP contribution in [0.5, 0.6) is 0 Å². The molecular formula is C39H36O5. The summed E-state index contributed by atoms with van der Waals surface area (Å²) in [5.41, 5.74) is 4.48. The van der Waals surface area contributed by atoms with Crippen molar-refractivity contribution in [1.82, 2.24) is 0 Å². The van der Waals surface area contributed by atoms with E-state index in [-0.39, 0.29) is 24.4 Å². The predicted molar refractivity (Wildman–Crippen MR) is 169 cm³/mol. The average molecular weight is 585 g/mol. The highest BCUT2D eigenvalue weighted by molar-refractivity contribution is 5.47. The van der Waals surface area contributed by atoms with E-state index in [2.05, 4.69) is 97.1 Å². The monoisotopic (exact) mass is 584 g/mol. The molecule has 0 aliphatic carbocycles. The third-order valence-corrected chi connectivity index (χ3v) is 8.46. The minimum absolute atomic E-state index is 0.302. The zero-order valence-corrected chi connectivity index (χ0v) is 24.5. The summed E-state index contributed by atoms with van der Waals surface area (Å²) in [5.74, 6) is 0. The second kappa shape index (κ2) is 13.3. The van der Waals surface area contributed by atoms with Crippen molar-refractivity contribution >= 4 is 0 Å². The lowest BCUT2D eigenvalue weighted by atomic mass is 9.80. The lowest BCUT2D eigenvalue weighted by Gasteiger charge is -2.38. The standard InChI is InChI=1S/C39H36O5/c1-6-16-29(17-7-1)26-40-36-35-34(43-38(44-35)37(36)41-27-30-18-8-2-9-19-30)28-42-39(31-20-10-3-11-21-31,32-22-12-4-13-23-32)33-24-14-5-15-25-33/h1-25,34-38H,26-28H2/t34-,35+,36-,37+,38+/m0/s1. The van der Waals surface area contributed by atoms with Gasteiger partial charge in [-0.05, 0) is 27.8 Å². The lowest BCUT2D eigenvalue weighted by Crippen LogP contribution is -2.50. The van der Waals surface area contributed by atoms with Crippen molar-refractivity contribution in [1.29, 1.82) is 0 Å². The molecule has 222 valence electrons. The predicted octanol–water partition coefficient (Wildman–Crippen LogP) is 7.29. The van der Waals surface area contributed by atoms with E-state index in [9.17, 15) is 0 Å². The van der Waals surface area contributed by atoms with Crippen LogP contribution >= 0.6 is 0 Å². The molecule has 2 heterocycles. The molecule has 44 heavy (non-hydrogen) atoms. The van der Waals surface area contributed by atoms with Crippen molar-refractivity contribution in [3.05, 3.63) is 179 Å². The molecule has 5 nitrogen and oxygen atoms in total. The highest BCUT2D eigenvalue weighted by atomic mass is 16.8.